The third-order valence-corrected chi connectivity index (χ3v) is 6.12. The molecule has 4 rings (SSSR count). The molecule has 1 heterocycles. The molecule has 3 heteroatoms. The second-order valence-corrected chi connectivity index (χ2v) is 7.70. The molecular formula is C21H16N2Se. The molecule has 24 heavy (non-hydrogen) atoms. The van der Waals surface area contributed by atoms with E-state index in [4.69, 9.17) is 0 Å². The molecule has 0 spiro atoms. The molecule has 0 aliphatic carbocycles. The van der Waals surface area contributed by atoms with E-state index >= 15 is 0 Å². The minimum absolute atomic E-state index is 0.185. The van der Waals surface area contributed by atoms with Gasteiger partial charge in [-0.25, -0.2) is 0 Å². The topological polar surface area (TPSA) is 28.7 Å². The Balaban J connectivity index is 1.85. The normalized spacial score (nSPS) is 10.7. The number of nitrogens with one attached hydrogen (secondary N) is 1. The van der Waals surface area contributed by atoms with Gasteiger partial charge in [-0.15, -0.1) is 0 Å². The van der Waals surface area contributed by atoms with Crippen LogP contribution < -0.4 is 8.92 Å². The number of aromatic amines is 1. The zero-order chi connectivity index (χ0) is 16.2. The molecule has 0 unspecified atom stereocenters. The van der Waals surface area contributed by atoms with Crippen molar-refractivity contribution in [2.45, 2.75) is 0 Å². The fourth-order valence-corrected chi connectivity index (χ4v) is 4.84. The number of rotatable bonds is 4. The maximum atomic E-state index is 4.65. The average Bonchev–Trinajstić information content (AvgIpc) is 3.07. The van der Waals surface area contributed by atoms with Gasteiger partial charge >= 0.3 is 148 Å². The minimum atomic E-state index is 0.185. The molecule has 0 saturated carbocycles. The maximum absolute atomic E-state index is 4.65. The van der Waals surface area contributed by atoms with Gasteiger partial charge in [0.2, 0.25) is 0 Å². The molecule has 0 radical (unpaired) electrons. The molecule has 4 aromatic rings. The molecule has 0 amide bonds. The summed E-state index contributed by atoms with van der Waals surface area (Å²) in [6, 6.07) is 31.5. The Labute approximate surface area is 147 Å². The summed E-state index contributed by atoms with van der Waals surface area (Å²) < 4.78 is 2.65. The third-order valence-electron chi connectivity index (χ3n) is 3.79. The van der Waals surface area contributed by atoms with Crippen molar-refractivity contribution in [1.29, 1.82) is 0 Å². The van der Waals surface area contributed by atoms with Crippen LogP contribution in [0.1, 0.15) is 0 Å². The van der Waals surface area contributed by atoms with E-state index in [0.29, 0.717) is 0 Å². The van der Waals surface area contributed by atoms with Crippen LogP contribution in [0.25, 0.3) is 22.5 Å². The molecule has 1 aromatic heterocycles. The van der Waals surface area contributed by atoms with Crippen molar-refractivity contribution in [3.8, 4) is 22.5 Å². The van der Waals surface area contributed by atoms with Crippen LogP contribution in [0, 0.1) is 0 Å². The van der Waals surface area contributed by atoms with Crippen LogP contribution in [0.4, 0.5) is 0 Å². The summed E-state index contributed by atoms with van der Waals surface area (Å²) in [6.45, 7) is 0. The van der Waals surface area contributed by atoms with Gasteiger partial charge in [0.1, 0.15) is 0 Å². The van der Waals surface area contributed by atoms with Gasteiger partial charge in [-0.2, -0.15) is 0 Å². The van der Waals surface area contributed by atoms with E-state index in [1.165, 1.54) is 14.5 Å². The number of hydrogen-bond donors (Lipinski definition) is 1. The van der Waals surface area contributed by atoms with Crippen LogP contribution >= 0.6 is 0 Å². The molecule has 0 aliphatic heterocycles. The van der Waals surface area contributed by atoms with Crippen molar-refractivity contribution in [2.75, 3.05) is 0 Å². The van der Waals surface area contributed by atoms with E-state index in [2.05, 4.69) is 89.1 Å². The predicted molar refractivity (Wildman–Crippen MR) is 101 cm³/mol. The van der Waals surface area contributed by atoms with Crippen LogP contribution in [-0.4, -0.2) is 25.2 Å². The first kappa shape index (κ1) is 14.9. The first-order valence-electron chi connectivity index (χ1n) is 7.84. The Kier molecular flexibility index (Phi) is 4.28. The summed E-state index contributed by atoms with van der Waals surface area (Å²) in [4.78, 5) is 0. The van der Waals surface area contributed by atoms with E-state index in [0.717, 1.165) is 17.0 Å². The first-order valence-corrected chi connectivity index (χ1v) is 9.55. The van der Waals surface area contributed by atoms with Crippen molar-refractivity contribution < 1.29 is 0 Å². The van der Waals surface area contributed by atoms with E-state index in [-0.39, 0.29) is 15.0 Å². The van der Waals surface area contributed by atoms with Crippen molar-refractivity contribution in [3.63, 3.8) is 0 Å². The second kappa shape index (κ2) is 6.88. The van der Waals surface area contributed by atoms with Crippen LogP contribution in [0.15, 0.2) is 91.0 Å². The zero-order valence-electron chi connectivity index (χ0n) is 13.0. The molecule has 0 saturated heterocycles. The van der Waals surface area contributed by atoms with Crippen LogP contribution in [0.5, 0.6) is 0 Å². The van der Waals surface area contributed by atoms with Crippen molar-refractivity contribution in [3.05, 3.63) is 91.0 Å². The van der Waals surface area contributed by atoms with Crippen LogP contribution in [0.2, 0.25) is 0 Å². The molecule has 2 nitrogen and oxygen atoms in total. The molecule has 3 aromatic carbocycles. The average molecular weight is 375 g/mol. The van der Waals surface area contributed by atoms with Gasteiger partial charge in [0, 0.05) is 0 Å². The van der Waals surface area contributed by atoms with E-state index in [1.54, 1.807) is 0 Å². The van der Waals surface area contributed by atoms with Crippen LogP contribution in [0.3, 0.4) is 0 Å². The second-order valence-electron chi connectivity index (χ2n) is 5.42. The Morgan fingerprint density at radius 1 is 0.625 bits per heavy atom. The number of benzene rings is 3. The Hall–Kier alpha value is -2.61. The quantitative estimate of drug-likeness (QED) is 0.544. The van der Waals surface area contributed by atoms with Gasteiger partial charge in [0.15, 0.2) is 0 Å². The summed E-state index contributed by atoms with van der Waals surface area (Å²) in [6.07, 6.45) is 0. The van der Waals surface area contributed by atoms with Gasteiger partial charge < -0.3 is 0 Å². The van der Waals surface area contributed by atoms with Crippen LogP contribution in [-0.2, 0) is 0 Å². The number of hydrogen-bond acceptors (Lipinski definition) is 1. The molecule has 0 atom stereocenters. The number of aromatic nitrogens is 2. The molecule has 116 valence electrons. The fraction of sp³-hybridized carbons (Fsp3) is 0. The van der Waals surface area contributed by atoms with Gasteiger partial charge in [-0.1, -0.05) is 0 Å². The molecule has 0 fully saturated rings. The zero-order valence-corrected chi connectivity index (χ0v) is 14.7. The third kappa shape index (κ3) is 3.05. The van der Waals surface area contributed by atoms with E-state index in [1.807, 2.05) is 12.1 Å². The predicted octanol–water partition coefficient (Wildman–Crippen LogP) is 3.40. The molecule has 1 N–H and O–H groups in total. The van der Waals surface area contributed by atoms with Gasteiger partial charge in [-0.05, 0) is 0 Å². The number of H-pyrrole nitrogens is 1. The summed E-state index contributed by atoms with van der Waals surface area (Å²) in [5.74, 6) is 0. The number of nitrogens with zero attached hydrogens (tertiary/aromatic N) is 1. The monoisotopic (exact) mass is 376 g/mol. The van der Waals surface area contributed by atoms with Gasteiger partial charge in [0.25, 0.3) is 0 Å². The van der Waals surface area contributed by atoms with Gasteiger partial charge in [-0.3, -0.25) is 0 Å². The van der Waals surface area contributed by atoms with Gasteiger partial charge in [0.05, 0.1) is 0 Å². The summed E-state index contributed by atoms with van der Waals surface area (Å²) in [7, 11) is 0. The Bertz CT molecular complexity index is 859. The molecule has 0 bridgehead atoms. The summed E-state index contributed by atoms with van der Waals surface area (Å²) in [5.41, 5.74) is 4.51. The first-order chi connectivity index (χ1) is 11.9. The Morgan fingerprint density at radius 3 is 1.79 bits per heavy atom. The standard InChI is InChI=1S/C21H16N2Se/c1-4-10-16(11-5-1)19-21(24-18-14-8-3-9-15-18)20(23-22-19)17-12-6-2-7-13-17/h1-15H,(H,22,23). The van der Waals surface area contributed by atoms with E-state index < -0.39 is 0 Å². The van der Waals surface area contributed by atoms with Crippen molar-refractivity contribution >= 4 is 23.9 Å². The molecular weight excluding hydrogens is 359 g/mol. The SMILES string of the molecule is c1ccc([Se]c2c(-c3ccccc3)n[nH]c2-c2ccccc2)cc1. The van der Waals surface area contributed by atoms with E-state index in [9.17, 15) is 0 Å². The van der Waals surface area contributed by atoms with Crippen molar-refractivity contribution in [2.24, 2.45) is 0 Å². The Morgan fingerprint density at radius 2 is 1.17 bits per heavy atom. The summed E-state index contributed by atoms with van der Waals surface area (Å²) in [5, 5.41) is 7.92. The fourth-order valence-electron chi connectivity index (χ4n) is 2.63. The molecule has 0 aliphatic rings. The van der Waals surface area contributed by atoms with Crippen molar-refractivity contribution in [1.82, 2.24) is 10.2 Å². The summed E-state index contributed by atoms with van der Waals surface area (Å²) >= 11 is 0.185.